The smallest absolute Gasteiger partial charge is 0.277 e. The van der Waals surface area contributed by atoms with Crippen LogP contribution in [0, 0.1) is 12.7 Å². The van der Waals surface area contributed by atoms with Gasteiger partial charge in [-0.3, -0.25) is 4.79 Å². The van der Waals surface area contributed by atoms with Crippen LogP contribution in [0.4, 0.5) is 4.39 Å². The Balaban J connectivity index is 1.83. The molecule has 2 aromatic carbocycles. The molecule has 0 atom stereocenters. The lowest BCUT2D eigenvalue weighted by atomic mass is 10.2. The Hall–Kier alpha value is -2.40. The lowest BCUT2D eigenvalue weighted by Gasteiger charge is -2.08. The number of hydrogen-bond acceptors (Lipinski definition) is 3. The SMILES string of the molecule is Cc1cc(Cl)ccc1OCC(=O)N/N=C\c1cccc(F)c1. The summed E-state index contributed by atoms with van der Waals surface area (Å²) < 4.78 is 18.3. The number of ether oxygens (including phenoxy) is 1. The molecule has 4 nitrogen and oxygen atoms in total. The molecule has 2 rings (SSSR count). The molecule has 114 valence electrons. The molecule has 0 aliphatic rings. The fourth-order valence-corrected chi connectivity index (χ4v) is 1.94. The first kappa shape index (κ1) is 16.0. The minimum absolute atomic E-state index is 0.178. The first-order valence-corrected chi connectivity index (χ1v) is 6.89. The third-order valence-corrected chi connectivity index (χ3v) is 2.98. The number of carbonyl (C=O) groups is 1. The molecule has 0 saturated heterocycles. The minimum Gasteiger partial charge on any atom is -0.483 e. The number of nitrogens with one attached hydrogen (secondary N) is 1. The molecule has 0 heterocycles. The lowest BCUT2D eigenvalue weighted by molar-refractivity contribution is -0.123. The van der Waals surface area contributed by atoms with Crippen molar-refractivity contribution in [1.29, 1.82) is 0 Å². The largest absolute Gasteiger partial charge is 0.483 e. The predicted octanol–water partition coefficient (Wildman–Crippen LogP) is 3.32. The molecular formula is C16H14ClFN2O2. The van der Waals surface area contributed by atoms with Gasteiger partial charge in [0.05, 0.1) is 6.21 Å². The van der Waals surface area contributed by atoms with Crippen LogP contribution in [0.25, 0.3) is 0 Å². The molecule has 0 spiro atoms. The van der Waals surface area contributed by atoms with Gasteiger partial charge >= 0.3 is 0 Å². The van der Waals surface area contributed by atoms with Crippen molar-refractivity contribution in [2.75, 3.05) is 6.61 Å². The van der Waals surface area contributed by atoms with E-state index < -0.39 is 5.91 Å². The molecule has 2 aromatic rings. The van der Waals surface area contributed by atoms with Gasteiger partial charge in [-0.2, -0.15) is 5.10 Å². The van der Waals surface area contributed by atoms with Gasteiger partial charge in [-0.15, -0.1) is 0 Å². The zero-order valence-corrected chi connectivity index (χ0v) is 12.6. The second-order valence-electron chi connectivity index (χ2n) is 4.55. The lowest BCUT2D eigenvalue weighted by Crippen LogP contribution is -2.24. The van der Waals surface area contributed by atoms with Crippen LogP contribution in [0.1, 0.15) is 11.1 Å². The number of nitrogens with zero attached hydrogens (tertiary/aromatic N) is 1. The van der Waals surface area contributed by atoms with Crippen molar-refractivity contribution in [1.82, 2.24) is 5.43 Å². The van der Waals surface area contributed by atoms with Crippen LogP contribution < -0.4 is 10.2 Å². The topological polar surface area (TPSA) is 50.7 Å². The van der Waals surface area contributed by atoms with E-state index in [2.05, 4.69) is 10.5 Å². The van der Waals surface area contributed by atoms with E-state index in [1.165, 1.54) is 18.3 Å². The standard InChI is InChI=1S/C16H14ClFN2O2/c1-11-7-13(17)5-6-15(11)22-10-16(21)20-19-9-12-3-2-4-14(18)8-12/h2-9H,10H2,1H3,(H,20,21)/b19-9-. The molecule has 1 amide bonds. The highest BCUT2D eigenvalue weighted by Crippen LogP contribution is 2.21. The average molecular weight is 321 g/mol. The van der Waals surface area contributed by atoms with E-state index in [1.54, 1.807) is 30.3 Å². The Morgan fingerprint density at radius 1 is 1.36 bits per heavy atom. The van der Waals surface area contributed by atoms with Crippen molar-refractivity contribution >= 4 is 23.7 Å². The van der Waals surface area contributed by atoms with Crippen LogP contribution in [0.5, 0.6) is 5.75 Å². The van der Waals surface area contributed by atoms with Crippen molar-refractivity contribution in [2.45, 2.75) is 6.92 Å². The van der Waals surface area contributed by atoms with Gasteiger partial charge in [-0.1, -0.05) is 23.7 Å². The first-order valence-electron chi connectivity index (χ1n) is 6.51. The van der Waals surface area contributed by atoms with Gasteiger partial charge in [0.1, 0.15) is 11.6 Å². The van der Waals surface area contributed by atoms with Crippen LogP contribution in [-0.4, -0.2) is 18.7 Å². The molecule has 0 aliphatic heterocycles. The summed E-state index contributed by atoms with van der Waals surface area (Å²) >= 11 is 5.84. The van der Waals surface area contributed by atoms with Crippen LogP contribution in [-0.2, 0) is 4.79 Å². The maximum atomic E-state index is 12.9. The Kier molecular flexibility index (Phi) is 5.49. The van der Waals surface area contributed by atoms with E-state index >= 15 is 0 Å². The van der Waals surface area contributed by atoms with Gasteiger partial charge in [0.25, 0.3) is 5.91 Å². The Morgan fingerprint density at radius 2 is 2.18 bits per heavy atom. The van der Waals surface area contributed by atoms with Crippen LogP contribution in [0.15, 0.2) is 47.6 Å². The van der Waals surface area contributed by atoms with Gasteiger partial charge in [-0.05, 0) is 48.4 Å². The number of halogens is 2. The summed E-state index contributed by atoms with van der Waals surface area (Å²) in [6.07, 6.45) is 1.36. The normalized spacial score (nSPS) is 10.7. The predicted molar refractivity (Wildman–Crippen MR) is 83.8 cm³/mol. The van der Waals surface area contributed by atoms with Crippen molar-refractivity contribution < 1.29 is 13.9 Å². The summed E-state index contributed by atoms with van der Waals surface area (Å²) in [6, 6.07) is 11.0. The highest BCUT2D eigenvalue weighted by Gasteiger charge is 2.04. The molecule has 1 N–H and O–H groups in total. The first-order chi connectivity index (χ1) is 10.5. The number of aryl methyl sites for hydroxylation is 1. The van der Waals surface area contributed by atoms with Gasteiger partial charge in [0, 0.05) is 5.02 Å². The second kappa shape index (κ2) is 7.56. The van der Waals surface area contributed by atoms with Crippen molar-refractivity contribution in [2.24, 2.45) is 5.10 Å². The average Bonchev–Trinajstić information content (AvgIpc) is 2.46. The van der Waals surface area contributed by atoms with Crippen LogP contribution >= 0.6 is 11.6 Å². The Labute approximate surface area is 132 Å². The second-order valence-corrected chi connectivity index (χ2v) is 4.98. The quantitative estimate of drug-likeness (QED) is 0.678. The molecule has 6 heteroatoms. The number of benzene rings is 2. The highest BCUT2D eigenvalue weighted by molar-refractivity contribution is 6.30. The van der Waals surface area contributed by atoms with E-state index in [9.17, 15) is 9.18 Å². The van der Waals surface area contributed by atoms with E-state index in [-0.39, 0.29) is 12.4 Å². The molecule has 0 fully saturated rings. The fraction of sp³-hybridized carbons (Fsp3) is 0.125. The highest BCUT2D eigenvalue weighted by atomic mass is 35.5. The number of rotatable bonds is 5. The summed E-state index contributed by atoms with van der Waals surface area (Å²) in [5.74, 6) is -0.201. The van der Waals surface area contributed by atoms with Crippen molar-refractivity contribution in [3.8, 4) is 5.75 Å². The number of amides is 1. The number of hydrogen-bond donors (Lipinski definition) is 1. The van der Waals surface area contributed by atoms with E-state index in [0.717, 1.165) is 5.56 Å². The summed E-state index contributed by atoms with van der Waals surface area (Å²) in [4.78, 5) is 11.6. The zero-order valence-electron chi connectivity index (χ0n) is 11.8. The number of hydrazone groups is 1. The summed E-state index contributed by atoms with van der Waals surface area (Å²) in [7, 11) is 0. The van der Waals surface area contributed by atoms with E-state index in [0.29, 0.717) is 16.3 Å². The third-order valence-electron chi connectivity index (χ3n) is 2.75. The summed E-state index contributed by atoms with van der Waals surface area (Å²) in [5.41, 5.74) is 3.70. The maximum Gasteiger partial charge on any atom is 0.277 e. The van der Waals surface area contributed by atoms with Crippen LogP contribution in [0.2, 0.25) is 5.02 Å². The zero-order chi connectivity index (χ0) is 15.9. The molecule has 0 saturated carbocycles. The van der Waals surface area contributed by atoms with Crippen LogP contribution in [0.3, 0.4) is 0 Å². The third kappa shape index (κ3) is 4.86. The van der Waals surface area contributed by atoms with Gasteiger partial charge < -0.3 is 4.74 Å². The molecular weight excluding hydrogens is 307 g/mol. The number of carbonyl (C=O) groups excluding carboxylic acids is 1. The molecule has 0 aliphatic carbocycles. The van der Waals surface area contributed by atoms with Gasteiger partial charge in [0.2, 0.25) is 0 Å². The van der Waals surface area contributed by atoms with Crippen molar-refractivity contribution in [3.05, 3.63) is 64.4 Å². The molecule has 22 heavy (non-hydrogen) atoms. The Morgan fingerprint density at radius 3 is 2.91 bits per heavy atom. The van der Waals surface area contributed by atoms with Crippen molar-refractivity contribution in [3.63, 3.8) is 0 Å². The monoisotopic (exact) mass is 320 g/mol. The maximum absolute atomic E-state index is 12.9. The minimum atomic E-state index is -0.415. The molecule has 0 bridgehead atoms. The van der Waals surface area contributed by atoms with Gasteiger partial charge in [-0.25, -0.2) is 9.82 Å². The van der Waals surface area contributed by atoms with Gasteiger partial charge in [0.15, 0.2) is 6.61 Å². The molecule has 0 aromatic heterocycles. The molecule has 0 radical (unpaired) electrons. The summed E-state index contributed by atoms with van der Waals surface area (Å²) in [6.45, 7) is 1.66. The Bertz CT molecular complexity index is 704. The fourth-order valence-electron chi connectivity index (χ4n) is 1.72. The van der Waals surface area contributed by atoms with E-state index in [4.69, 9.17) is 16.3 Å². The summed E-state index contributed by atoms with van der Waals surface area (Å²) in [5, 5.41) is 4.34. The van der Waals surface area contributed by atoms with E-state index in [1.807, 2.05) is 6.92 Å². The molecule has 0 unspecified atom stereocenters.